The summed E-state index contributed by atoms with van der Waals surface area (Å²) in [4.78, 5) is 0. The molecule has 3 aromatic rings. The number of rotatable bonds is 4. The molecule has 0 aliphatic carbocycles. The zero-order chi connectivity index (χ0) is 20.7. The average molecular weight is 454 g/mol. The van der Waals surface area contributed by atoms with Crippen LogP contribution in [0.2, 0.25) is 0 Å². The van der Waals surface area contributed by atoms with Gasteiger partial charge < -0.3 is 24.1 Å². The summed E-state index contributed by atoms with van der Waals surface area (Å²) >= 11 is 3.57. The van der Waals surface area contributed by atoms with Crippen LogP contribution in [0.5, 0.6) is 17.2 Å². The van der Waals surface area contributed by atoms with E-state index in [1.165, 1.54) is 0 Å². The van der Waals surface area contributed by atoms with Crippen LogP contribution >= 0.6 is 15.9 Å². The number of fused-ring (bicyclic) bond motifs is 3. The Kier molecular flexibility index (Phi) is 4.89. The van der Waals surface area contributed by atoms with Crippen molar-refractivity contribution in [2.45, 2.75) is 5.92 Å². The van der Waals surface area contributed by atoms with Crippen molar-refractivity contribution in [3.05, 3.63) is 63.6 Å². The maximum absolute atomic E-state index is 9.97. The van der Waals surface area contributed by atoms with Crippen molar-refractivity contribution in [1.29, 1.82) is 5.26 Å². The quantitative estimate of drug-likeness (QED) is 0.632. The summed E-state index contributed by atoms with van der Waals surface area (Å²) in [6.45, 7) is 0. The molecule has 1 N–H and O–H groups in total. The van der Waals surface area contributed by atoms with Gasteiger partial charge >= 0.3 is 0 Å². The first-order chi connectivity index (χ1) is 14.0. The van der Waals surface area contributed by atoms with E-state index < -0.39 is 0 Å². The normalized spacial score (nSPS) is 15.5. The van der Waals surface area contributed by atoms with Gasteiger partial charge in [-0.25, -0.2) is 0 Å². The van der Waals surface area contributed by atoms with Gasteiger partial charge in [0, 0.05) is 31.2 Å². The van der Waals surface area contributed by atoms with E-state index in [1.54, 1.807) is 21.3 Å². The van der Waals surface area contributed by atoms with Gasteiger partial charge in [0.15, 0.2) is 17.2 Å². The Morgan fingerprint density at radius 2 is 2.00 bits per heavy atom. The minimum absolute atomic E-state index is 0.318. The summed E-state index contributed by atoms with van der Waals surface area (Å²) in [6.07, 6.45) is 2.00. The van der Waals surface area contributed by atoms with Gasteiger partial charge in [0.05, 0.1) is 30.1 Å². The number of methoxy groups -OCH3 is 2. The van der Waals surface area contributed by atoms with Crippen molar-refractivity contribution >= 4 is 26.8 Å². The molecule has 0 saturated heterocycles. The minimum Gasteiger partial charge on any atom is -0.493 e. The van der Waals surface area contributed by atoms with E-state index in [0.717, 1.165) is 32.3 Å². The van der Waals surface area contributed by atoms with Crippen LogP contribution in [0, 0.1) is 11.3 Å². The first-order valence-electron chi connectivity index (χ1n) is 9.03. The number of nitriles is 1. The molecule has 148 valence electrons. The van der Waals surface area contributed by atoms with Crippen LogP contribution in [-0.4, -0.2) is 25.8 Å². The molecular formula is C22H20BrN3O3. The van der Waals surface area contributed by atoms with Crippen molar-refractivity contribution in [3.63, 3.8) is 0 Å². The first-order valence-corrected chi connectivity index (χ1v) is 9.82. The summed E-state index contributed by atoms with van der Waals surface area (Å²) in [6, 6.07) is 12.3. The van der Waals surface area contributed by atoms with Crippen LogP contribution in [0.15, 0.2) is 52.5 Å². The predicted octanol–water partition coefficient (Wildman–Crippen LogP) is 4.44. The lowest BCUT2D eigenvalue weighted by atomic mass is 9.83. The molecule has 7 heteroatoms. The van der Waals surface area contributed by atoms with E-state index in [-0.39, 0.29) is 5.92 Å². The van der Waals surface area contributed by atoms with Crippen LogP contribution in [0.3, 0.4) is 0 Å². The van der Waals surface area contributed by atoms with Crippen molar-refractivity contribution < 1.29 is 14.2 Å². The van der Waals surface area contributed by atoms with Crippen LogP contribution in [0.4, 0.5) is 0 Å². The molecule has 0 fully saturated rings. The molecule has 4 rings (SSSR count). The Morgan fingerprint density at radius 1 is 1.21 bits per heavy atom. The molecule has 0 amide bonds. The Hall–Kier alpha value is -3.11. The summed E-state index contributed by atoms with van der Waals surface area (Å²) in [5.41, 5.74) is 3.32. The van der Waals surface area contributed by atoms with Crippen LogP contribution in [0.1, 0.15) is 17.0 Å². The third-order valence-electron chi connectivity index (χ3n) is 5.21. The number of hydrogen-bond acceptors (Lipinski definition) is 5. The summed E-state index contributed by atoms with van der Waals surface area (Å²) in [5, 5.41) is 14.1. The molecule has 1 aromatic heterocycles. The van der Waals surface area contributed by atoms with Crippen molar-refractivity contribution in [3.8, 4) is 23.3 Å². The molecule has 0 spiro atoms. The SMILES string of the molecule is CNC1=C(C#N)C(c2cc(Br)c(OC)c(OC)c2)c2ccc3ccn(C)c3c2O1. The molecular weight excluding hydrogens is 434 g/mol. The van der Waals surface area contributed by atoms with Crippen LogP contribution < -0.4 is 19.5 Å². The van der Waals surface area contributed by atoms with E-state index in [1.807, 2.05) is 42.1 Å². The molecule has 1 aliphatic heterocycles. The number of hydrogen-bond donors (Lipinski definition) is 1. The second-order valence-electron chi connectivity index (χ2n) is 6.73. The van der Waals surface area contributed by atoms with Gasteiger partial charge in [0.2, 0.25) is 5.88 Å². The zero-order valence-electron chi connectivity index (χ0n) is 16.5. The average Bonchev–Trinajstić information content (AvgIpc) is 3.12. The van der Waals surface area contributed by atoms with E-state index in [4.69, 9.17) is 14.2 Å². The largest absolute Gasteiger partial charge is 0.493 e. The van der Waals surface area contributed by atoms with Crippen LogP contribution in [-0.2, 0) is 7.05 Å². The Balaban J connectivity index is 2.03. The van der Waals surface area contributed by atoms with E-state index in [9.17, 15) is 5.26 Å². The zero-order valence-corrected chi connectivity index (χ0v) is 18.1. The second kappa shape index (κ2) is 7.37. The maximum atomic E-state index is 9.97. The van der Waals surface area contributed by atoms with Gasteiger partial charge in [-0.3, -0.25) is 0 Å². The summed E-state index contributed by atoms with van der Waals surface area (Å²) in [7, 11) is 6.93. The molecule has 2 aromatic carbocycles. The fraction of sp³-hybridized carbons (Fsp3) is 0.227. The molecule has 1 aliphatic rings. The topological polar surface area (TPSA) is 68.4 Å². The van der Waals surface area contributed by atoms with Gasteiger partial charge in [0.1, 0.15) is 11.6 Å². The number of halogens is 1. The lowest BCUT2D eigenvalue weighted by Gasteiger charge is -2.29. The van der Waals surface area contributed by atoms with Gasteiger partial charge in [-0.15, -0.1) is 0 Å². The number of ether oxygens (including phenoxy) is 3. The molecule has 6 nitrogen and oxygen atoms in total. The van der Waals surface area contributed by atoms with Crippen molar-refractivity contribution in [2.24, 2.45) is 7.05 Å². The van der Waals surface area contributed by atoms with Crippen molar-refractivity contribution in [1.82, 2.24) is 9.88 Å². The number of nitrogens with one attached hydrogen (secondary N) is 1. The smallest absolute Gasteiger partial charge is 0.208 e. The Morgan fingerprint density at radius 3 is 2.66 bits per heavy atom. The maximum Gasteiger partial charge on any atom is 0.208 e. The number of nitrogens with zero attached hydrogens (tertiary/aromatic N) is 2. The highest BCUT2D eigenvalue weighted by atomic mass is 79.9. The molecule has 2 heterocycles. The van der Waals surface area contributed by atoms with Gasteiger partial charge in [-0.1, -0.05) is 12.1 Å². The lowest BCUT2D eigenvalue weighted by Crippen LogP contribution is -2.24. The summed E-state index contributed by atoms with van der Waals surface area (Å²) in [5.74, 6) is 2.08. The summed E-state index contributed by atoms with van der Waals surface area (Å²) < 4.78 is 19.9. The predicted molar refractivity (Wildman–Crippen MR) is 114 cm³/mol. The highest BCUT2D eigenvalue weighted by Crippen LogP contribution is 2.48. The fourth-order valence-corrected chi connectivity index (χ4v) is 4.52. The third kappa shape index (κ3) is 2.91. The van der Waals surface area contributed by atoms with Crippen molar-refractivity contribution in [2.75, 3.05) is 21.3 Å². The number of benzene rings is 2. The van der Waals surface area contributed by atoms with Gasteiger partial charge in [-0.2, -0.15) is 5.26 Å². The van der Waals surface area contributed by atoms with Gasteiger partial charge in [0.25, 0.3) is 0 Å². The van der Waals surface area contributed by atoms with Crippen LogP contribution in [0.25, 0.3) is 10.9 Å². The van der Waals surface area contributed by atoms with E-state index in [0.29, 0.717) is 23.0 Å². The molecule has 1 atom stereocenters. The van der Waals surface area contributed by atoms with E-state index >= 15 is 0 Å². The lowest BCUT2D eigenvalue weighted by molar-refractivity contribution is 0.352. The molecule has 1 unspecified atom stereocenters. The fourth-order valence-electron chi connectivity index (χ4n) is 3.90. The molecule has 0 saturated carbocycles. The Bertz CT molecular complexity index is 1190. The molecule has 29 heavy (non-hydrogen) atoms. The Labute approximate surface area is 177 Å². The minimum atomic E-state index is -0.318. The molecule has 0 bridgehead atoms. The van der Waals surface area contributed by atoms with E-state index in [2.05, 4.69) is 33.4 Å². The number of aromatic nitrogens is 1. The number of allylic oxidation sites excluding steroid dienone is 1. The standard InChI is InChI=1S/C22H20BrN3O3/c1-25-22-15(11-24)18(13-9-16(23)21(28-4)17(10-13)27-3)14-6-5-12-7-8-26(2)19(12)20(14)29-22/h5-10,18,25H,1-4H3. The highest BCUT2D eigenvalue weighted by molar-refractivity contribution is 9.10. The highest BCUT2D eigenvalue weighted by Gasteiger charge is 2.34. The molecule has 0 radical (unpaired) electrons. The number of aryl methyl sites for hydroxylation is 1. The van der Waals surface area contributed by atoms with Gasteiger partial charge in [-0.05, 0) is 39.7 Å². The first kappa shape index (κ1) is 19.2. The second-order valence-corrected chi connectivity index (χ2v) is 7.58. The third-order valence-corrected chi connectivity index (χ3v) is 5.80. The monoisotopic (exact) mass is 453 g/mol.